The monoisotopic (exact) mass is 349 g/mol. The largest absolute Gasteiger partial charge is 0.494 e. The van der Waals surface area contributed by atoms with Crippen LogP contribution in [0, 0.1) is 5.82 Å². The van der Waals surface area contributed by atoms with Gasteiger partial charge in [0.1, 0.15) is 0 Å². The average Bonchev–Trinajstić information content (AvgIpc) is 3.40. The highest BCUT2D eigenvalue weighted by Crippen LogP contribution is 2.29. The van der Waals surface area contributed by atoms with Crippen LogP contribution in [0.3, 0.4) is 0 Å². The summed E-state index contributed by atoms with van der Waals surface area (Å²) in [7, 11) is 3.32. The number of likely N-dealkylation sites (tertiary alicyclic amines) is 1. The molecule has 0 aromatic heterocycles. The molecule has 2 fully saturated rings. The molecular formula is C19H28FN3O2. The summed E-state index contributed by atoms with van der Waals surface area (Å²) in [5.41, 5.74) is 0.825. The van der Waals surface area contributed by atoms with Crippen molar-refractivity contribution in [1.82, 2.24) is 15.1 Å². The van der Waals surface area contributed by atoms with Crippen molar-refractivity contribution in [2.45, 2.75) is 44.3 Å². The second-order valence-corrected chi connectivity index (χ2v) is 7.25. The molecule has 0 spiro atoms. The van der Waals surface area contributed by atoms with E-state index in [1.807, 2.05) is 18.0 Å². The molecule has 0 atom stereocenters. The molecule has 0 bridgehead atoms. The van der Waals surface area contributed by atoms with Crippen molar-refractivity contribution in [3.8, 4) is 5.75 Å². The molecule has 1 amide bonds. The number of likely N-dealkylation sites (N-methyl/N-ethyl adjacent to an activating group) is 1. The molecule has 1 aliphatic heterocycles. The molecule has 1 saturated carbocycles. The van der Waals surface area contributed by atoms with Gasteiger partial charge in [0, 0.05) is 31.7 Å². The van der Waals surface area contributed by atoms with Crippen molar-refractivity contribution in [1.29, 1.82) is 0 Å². The molecular weight excluding hydrogens is 321 g/mol. The molecule has 2 aliphatic rings. The molecule has 0 radical (unpaired) electrons. The Morgan fingerprint density at radius 3 is 2.64 bits per heavy atom. The number of rotatable bonds is 7. The van der Waals surface area contributed by atoms with E-state index in [1.54, 1.807) is 6.07 Å². The first-order valence-corrected chi connectivity index (χ1v) is 9.09. The van der Waals surface area contributed by atoms with Gasteiger partial charge >= 0.3 is 0 Å². The molecule has 1 aromatic rings. The number of carbonyl (C=O) groups is 1. The van der Waals surface area contributed by atoms with E-state index in [-0.39, 0.29) is 23.5 Å². The Morgan fingerprint density at radius 2 is 2.04 bits per heavy atom. The predicted octanol–water partition coefficient (Wildman–Crippen LogP) is 2.01. The highest BCUT2D eigenvalue weighted by Gasteiger charge is 2.32. The number of hydrogen-bond acceptors (Lipinski definition) is 4. The van der Waals surface area contributed by atoms with Gasteiger partial charge in [0.25, 0.3) is 0 Å². The van der Waals surface area contributed by atoms with Crippen LogP contribution in [0.15, 0.2) is 18.2 Å². The van der Waals surface area contributed by atoms with Crippen LogP contribution < -0.4 is 10.1 Å². The molecule has 5 nitrogen and oxygen atoms in total. The Hall–Kier alpha value is -1.66. The fourth-order valence-electron chi connectivity index (χ4n) is 3.54. The molecule has 6 heteroatoms. The molecule has 1 aromatic carbocycles. The lowest BCUT2D eigenvalue weighted by Crippen LogP contribution is -2.47. The van der Waals surface area contributed by atoms with Gasteiger partial charge in [-0.2, -0.15) is 0 Å². The summed E-state index contributed by atoms with van der Waals surface area (Å²) in [5.74, 6) is -0.0942. The van der Waals surface area contributed by atoms with E-state index in [1.165, 1.54) is 26.0 Å². The molecule has 0 unspecified atom stereocenters. The minimum Gasteiger partial charge on any atom is -0.494 e. The number of amides is 1. The Labute approximate surface area is 149 Å². The van der Waals surface area contributed by atoms with Crippen LogP contribution >= 0.6 is 0 Å². The van der Waals surface area contributed by atoms with Crippen molar-refractivity contribution in [3.05, 3.63) is 29.6 Å². The Kier molecular flexibility index (Phi) is 5.91. The van der Waals surface area contributed by atoms with Gasteiger partial charge in [0.05, 0.1) is 13.7 Å². The summed E-state index contributed by atoms with van der Waals surface area (Å²) in [5, 5.41) is 3.14. The van der Waals surface area contributed by atoms with Crippen molar-refractivity contribution < 1.29 is 13.9 Å². The maximum atomic E-state index is 13.7. The summed E-state index contributed by atoms with van der Waals surface area (Å²) in [6.07, 6.45) is 4.76. The molecule has 25 heavy (non-hydrogen) atoms. The molecule has 1 saturated heterocycles. The van der Waals surface area contributed by atoms with Gasteiger partial charge in [-0.05, 0) is 50.4 Å². The topological polar surface area (TPSA) is 44.8 Å². The highest BCUT2D eigenvalue weighted by molar-refractivity contribution is 5.78. The number of carbonyl (C=O) groups excluding carboxylic acids is 1. The number of halogens is 1. The lowest BCUT2D eigenvalue weighted by molar-refractivity contribution is -0.123. The van der Waals surface area contributed by atoms with Crippen LogP contribution in [0.4, 0.5) is 4.39 Å². The minimum atomic E-state index is -0.375. The minimum absolute atomic E-state index is 0.0429. The molecule has 3 rings (SSSR count). The summed E-state index contributed by atoms with van der Waals surface area (Å²) >= 11 is 0. The van der Waals surface area contributed by atoms with Gasteiger partial charge in [0.15, 0.2) is 11.6 Å². The van der Waals surface area contributed by atoms with Crippen LogP contribution in [-0.2, 0) is 11.3 Å². The normalized spacial score (nSPS) is 19.2. The first-order valence-electron chi connectivity index (χ1n) is 9.09. The van der Waals surface area contributed by atoms with E-state index in [4.69, 9.17) is 4.74 Å². The molecule has 1 heterocycles. The third-order valence-electron chi connectivity index (χ3n) is 5.04. The lowest BCUT2D eigenvalue weighted by atomic mass is 10.0. The van der Waals surface area contributed by atoms with Crippen molar-refractivity contribution >= 4 is 5.91 Å². The zero-order valence-electron chi connectivity index (χ0n) is 15.1. The number of nitrogens with zero attached hydrogens (tertiary/aromatic N) is 2. The maximum Gasteiger partial charge on any atom is 0.234 e. The number of methoxy groups -OCH3 is 1. The Balaban J connectivity index is 1.40. The predicted molar refractivity (Wildman–Crippen MR) is 95.0 cm³/mol. The molecule has 1 N–H and O–H groups in total. The van der Waals surface area contributed by atoms with Crippen molar-refractivity contribution in [2.75, 3.05) is 33.8 Å². The standard InChI is InChI=1S/C19H28FN3O2/c1-22(12-14-3-6-18(25-2)17(20)11-14)13-19(24)21-15-7-9-23(10-8-15)16-4-5-16/h3,6,11,15-16H,4-5,7-10,12-13H2,1-2H3,(H,21,24). The van der Waals surface area contributed by atoms with Gasteiger partial charge in [-0.15, -0.1) is 0 Å². The SMILES string of the molecule is COc1ccc(CN(C)CC(=O)NC2CCN(C3CC3)CC2)cc1F. The van der Waals surface area contributed by atoms with Crippen molar-refractivity contribution in [3.63, 3.8) is 0 Å². The van der Waals surface area contributed by atoms with Crippen LogP contribution in [0.5, 0.6) is 5.75 Å². The lowest BCUT2D eigenvalue weighted by Gasteiger charge is -2.32. The smallest absolute Gasteiger partial charge is 0.234 e. The fraction of sp³-hybridized carbons (Fsp3) is 0.632. The van der Waals surface area contributed by atoms with Crippen LogP contribution in [0.1, 0.15) is 31.2 Å². The number of benzene rings is 1. The van der Waals surface area contributed by atoms with E-state index >= 15 is 0 Å². The van der Waals surface area contributed by atoms with E-state index in [0.29, 0.717) is 13.1 Å². The van der Waals surface area contributed by atoms with Gasteiger partial charge in [-0.1, -0.05) is 6.07 Å². The fourth-order valence-corrected chi connectivity index (χ4v) is 3.54. The number of nitrogens with one attached hydrogen (secondary N) is 1. The highest BCUT2D eigenvalue weighted by atomic mass is 19.1. The quantitative estimate of drug-likeness (QED) is 0.818. The van der Waals surface area contributed by atoms with Crippen LogP contribution in [0.2, 0.25) is 0 Å². The average molecular weight is 349 g/mol. The van der Waals surface area contributed by atoms with E-state index in [0.717, 1.165) is 37.5 Å². The molecule has 1 aliphatic carbocycles. The summed E-state index contributed by atoms with van der Waals surface area (Å²) in [6.45, 7) is 3.03. The number of ether oxygens (including phenoxy) is 1. The van der Waals surface area contributed by atoms with Crippen LogP contribution in [-0.4, -0.2) is 61.6 Å². The zero-order valence-corrected chi connectivity index (χ0v) is 15.1. The van der Waals surface area contributed by atoms with E-state index < -0.39 is 0 Å². The number of hydrogen-bond donors (Lipinski definition) is 1. The summed E-state index contributed by atoms with van der Waals surface area (Å²) in [6, 6.07) is 6.00. The van der Waals surface area contributed by atoms with Gasteiger partial charge in [-0.3, -0.25) is 9.69 Å². The summed E-state index contributed by atoms with van der Waals surface area (Å²) in [4.78, 5) is 16.7. The Bertz CT molecular complexity index is 598. The van der Waals surface area contributed by atoms with Gasteiger partial charge < -0.3 is 15.0 Å². The molecule has 138 valence electrons. The summed E-state index contributed by atoms with van der Waals surface area (Å²) < 4.78 is 18.7. The first-order chi connectivity index (χ1) is 12.0. The maximum absolute atomic E-state index is 13.7. The van der Waals surface area contributed by atoms with E-state index in [9.17, 15) is 9.18 Å². The third-order valence-corrected chi connectivity index (χ3v) is 5.04. The van der Waals surface area contributed by atoms with Crippen LogP contribution in [0.25, 0.3) is 0 Å². The second-order valence-electron chi connectivity index (χ2n) is 7.25. The van der Waals surface area contributed by atoms with E-state index in [2.05, 4.69) is 10.2 Å². The Morgan fingerprint density at radius 1 is 1.32 bits per heavy atom. The first kappa shape index (κ1) is 18.1. The van der Waals surface area contributed by atoms with Gasteiger partial charge in [-0.25, -0.2) is 4.39 Å². The zero-order chi connectivity index (χ0) is 17.8. The third kappa shape index (κ3) is 5.16. The number of piperidine rings is 1. The van der Waals surface area contributed by atoms with Gasteiger partial charge in [0.2, 0.25) is 5.91 Å². The second kappa shape index (κ2) is 8.15. The van der Waals surface area contributed by atoms with Crippen molar-refractivity contribution in [2.24, 2.45) is 0 Å².